The molecule has 0 radical (unpaired) electrons. The van der Waals surface area contributed by atoms with Crippen LogP contribution in [0.25, 0.3) is 0 Å². The van der Waals surface area contributed by atoms with Crippen molar-refractivity contribution in [1.29, 1.82) is 0 Å². The molecule has 0 aromatic heterocycles. The molecule has 0 aliphatic rings. The maximum Gasteiger partial charge on any atom is 0.0724 e. The Hall–Kier alpha value is -0.860. The molecule has 2 heteroatoms. The molecule has 0 aliphatic carbocycles. The molecular weight excluding hydrogens is 198 g/mol. The Morgan fingerprint density at radius 3 is 2.31 bits per heavy atom. The van der Waals surface area contributed by atoms with E-state index in [1.165, 1.54) is 11.1 Å². The Labute approximate surface area is 99.0 Å². The molecule has 0 saturated carbocycles. The van der Waals surface area contributed by atoms with Crippen LogP contribution in [0.4, 0.5) is 0 Å². The van der Waals surface area contributed by atoms with Gasteiger partial charge >= 0.3 is 0 Å². The molecule has 2 nitrogen and oxygen atoms in total. The van der Waals surface area contributed by atoms with Crippen molar-refractivity contribution in [1.82, 2.24) is 5.32 Å². The van der Waals surface area contributed by atoms with E-state index in [1.54, 1.807) is 7.11 Å². The van der Waals surface area contributed by atoms with E-state index >= 15 is 0 Å². The molecule has 2 atom stereocenters. The fraction of sp³-hybridized carbons (Fsp3) is 0.571. The molecule has 2 unspecified atom stereocenters. The van der Waals surface area contributed by atoms with Crippen molar-refractivity contribution in [3.05, 3.63) is 35.4 Å². The highest BCUT2D eigenvalue weighted by atomic mass is 16.5. The smallest absolute Gasteiger partial charge is 0.0724 e. The van der Waals surface area contributed by atoms with Crippen LogP contribution in [-0.2, 0) is 11.2 Å². The predicted molar refractivity (Wildman–Crippen MR) is 68.8 cm³/mol. The first-order valence-corrected chi connectivity index (χ1v) is 5.96. The van der Waals surface area contributed by atoms with Crippen molar-refractivity contribution in [3.63, 3.8) is 0 Å². The van der Waals surface area contributed by atoms with Crippen LogP contribution in [0.3, 0.4) is 0 Å². The molecule has 0 aliphatic heterocycles. The van der Waals surface area contributed by atoms with Crippen LogP contribution in [0.1, 0.15) is 24.5 Å². The van der Waals surface area contributed by atoms with E-state index < -0.39 is 0 Å². The summed E-state index contributed by atoms with van der Waals surface area (Å²) in [5.74, 6) is 0. The number of methoxy groups -OCH3 is 1. The number of hydrogen-bond acceptors (Lipinski definition) is 2. The van der Waals surface area contributed by atoms with Gasteiger partial charge in [-0.3, -0.25) is 0 Å². The second-order valence-electron chi connectivity index (χ2n) is 4.27. The van der Waals surface area contributed by atoms with Crippen LogP contribution >= 0.6 is 0 Å². The van der Waals surface area contributed by atoms with Gasteiger partial charge in [-0.15, -0.1) is 0 Å². The van der Waals surface area contributed by atoms with Gasteiger partial charge in [0, 0.05) is 13.2 Å². The van der Waals surface area contributed by atoms with E-state index in [1.807, 2.05) is 7.05 Å². The van der Waals surface area contributed by atoms with E-state index in [2.05, 4.69) is 43.4 Å². The first-order chi connectivity index (χ1) is 7.71. The van der Waals surface area contributed by atoms with Crippen LogP contribution in [0.15, 0.2) is 24.3 Å². The number of rotatable bonds is 6. The monoisotopic (exact) mass is 221 g/mol. The SMILES string of the molecule is CCC(OC)C(Cc1ccc(C)cc1)NC. The lowest BCUT2D eigenvalue weighted by Crippen LogP contribution is -2.40. The molecule has 1 rings (SSSR count). The van der Waals surface area contributed by atoms with Crippen LogP contribution in [0, 0.1) is 6.92 Å². The number of likely N-dealkylation sites (N-methyl/N-ethyl adjacent to an activating group) is 1. The van der Waals surface area contributed by atoms with Gasteiger partial charge in [-0.05, 0) is 32.4 Å². The van der Waals surface area contributed by atoms with Gasteiger partial charge in [-0.1, -0.05) is 36.8 Å². The third kappa shape index (κ3) is 3.62. The first-order valence-electron chi connectivity index (χ1n) is 5.96. The van der Waals surface area contributed by atoms with Crippen molar-refractivity contribution in [2.45, 2.75) is 38.8 Å². The number of ether oxygens (including phenoxy) is 1. The quantitative estimate of drug-likeness (QED) is 0.797. The van der Waals surface area contributed by atoms with E-state index in [-0.39, 0.29) is 6.10 Å². The summed E-state index contributed by atoms with van der Waals surface area (Å²) >= 11 is 0. The third-order valence-corrected chi connectivity index (χ3v) is 3.10. The van der Waals surface area contributed by atoms with Crippen molar-refractivity contribution < 1.29 is 4.74 Å². The minimum absolute atomic E-state index is 0.284. The van der Waals surface area contributed by atoms with Gasteiger partial charge in [0.05, 0.1) is 6.10 Å². The van der Waals surface area contributed by atoms with Crippen LogP contribution in [0.2, 0.25) is 0 Å². The molecule has 1 N–H and O–H groups in total. The standard InChI is InChI=1S/C14H23NO/c1-5-14(16-4)13(15-3)10-12-8-6-11(2)7-9-12/h6-9,13-15H,5,10H2,1-4H3. The third-order valence-electron chi connectivity index (χ3n) is 3.10. The lowest BCUT2D eigenvalue weighted by atomic mass is 9.99. The summed E-state index contributed by atoms with van der Waals surface area (Å²) in [5, 5.41) is 3.34. The Morgan fingerprint density at radius 2 is 1.88 bits per heavy atom. The highest BCUT2D eigenvalue weighted by Gasteiger charge is 2.17. The van der Waals surface area contributed by atoms with Gasteiger partial charge in [0.25, 0.3) is 0 Å². The van der Waals surface area contributed by atoms with Crippen molar-refractivity contribution in [3.8, 4) is 0 Å². The summed E-state index contributed by atoms with van der Waals surface area (Å²) in [6.45, 7) is 4.27. The second-order valence-corrected chi connectivity index (χ2v) is 4.27. The topological polar surface area (TPSA) is 21.3 Å². The van der Waals surface area contributed by atoms with Crippen LogP contribution in [-0.4, -0.2) is 26.3 Å². The number of nitrogens with one attached hydrogen (secondary N) is 1. The normalized spacial score (nSPS) is 14.8. The Bertz CT molecular complexity index is 290. The van der Waals surface area contributed by atoms with E-state index in [0.717, 1.165) is 12.8 Å². The average molecular weight is 221 g/mol. The zero-order valence-electron chi connectivity index (χ0n) is 10.8. The fourth-order valence-corrected chi connectivity index (χ4v) is 2.01. The largest absolute Gasteiger partial charge is 0.380 e. The molecular formula is C14H23NO. The van der Waals surface area contributed by atoms with Crippen LogP contribution < -0.4 is 5.32 Å². The Kier molecular flexibility index (Phi) is 5.50. The summed E-state index contributed by atoms with van der Waals surface area (Å²) in [5.41, 5.74) is 2.67. The summed E-state index contributed by atoms with van der Waals surface area (Å²) in [6, 6.07) is 9.10. The van der Waals surface area contributed by atoms with Gasteiger partial charge in [0.1, 0.15) is 0 Å². The zero-order valence-corrected chi connectivity index (χ0v) is 10.8. The molecule has 0 fully saturated rings. The molecule has 16 heavy (non-hydrogen) atoms. The van der Waals surface area contributed by atoms with E-state index in [9.17, 15) is 0 Å². The van der Waals surface area contributed by atoms with Gasteiger partial charge in [0.15, 0.2) is 0 Å². The molecule has 0 bridgehead atoms. The Balaban J connectivity index is 2.65. The Morgan fingerprint density at radius 1 is 1.25 bits per heavy atom. The van der Waals surface area contributed by atoms with Crippen molar-refractivity contribution in [2.75, 3.05) is 14.2 Å². The van der Waals surface area contributed by atoms with Gasteiger partial charge in [0.2, 0.25) is 0 Å². The predicted octanol–water partition coefficient (Wildman–Crippen LogP) is 2.55. The molecule has 90 valence electrons. The maximum atomic E-state index is 5.49. The molecule has 0 amide bonds. The van der Waals surface area contributed by atoms with E-state index in [4.69, 9.17) is 4.74 Å². The van der Waals surface area contributed by atoms with Gasteiger partial charge < -0.3 is 10.1 Å². The highest BCUT2D eigenvalue weighted by Crippen LogP contribution is 2.11. The fourth-order valence-electron chi connectivity index (χ4n) is 2.01. The summed E-state index contributed by atoms with van der Waals surface area (Å²) in [4.78, 5) is 0. The number of hydrogen-bond donors (Lipinski definition) is 1. The van der Waals surface area contributed by atoms with Crippen LogP contribution in [0.5, 0.6) is 0 Å². The molecule has 0 saturated heterocycles. The average Bonchev–Trinajstić information content (AvgIpc) is 2.32. The number of benzene rings is 1. The zero-order chi connectivity index (χ0) is 12.0. The lowest BCUT2D eigenvalue weighted by Gasteiger charge is -2.24. The molecule has 1 aromatic rings. The molecule has 0 spiro atoms. The van der Waals surface area contributed by atoms with E-state index in [0.29, 0.717) is 6.04 Å². The first kappa shape index (κ1) is 13.2. The molecule has 0 heterocycles. The second kappa shape index (κ2) is 6.66. The minimum Gasteiger partial charge on any atom is -0.380 e. The van der Waals surface area contributed by atoms with Crippen molar-refractivity contribution >= 4 is 0 Å². The lowest BCUT2D eigenvalue weighted by molar-refractivity contribution is 0.0678. The molecule has 1 aromatic carbocycles. The minimum atomic E-state index is 0.284. The highest BCUT2D eigenvalue weighted by molar-refractivity contribution is 5.22. The van der Waals surface area contributed by atoms with Gasteiger partial charge in [-0.2, -0.15) is 0 Å². The number of aryl methyl sites for hydroxylation is 1. The van der Waals surface area contributed by atoms with Gasteiger partial charge in [-0.25, -0.2) is 0 Å². The summed E-state index contributed by atoms with van der Waals surface area (Å²) in [6.07, 6.45) is 2.34. The summed E-state index contributed by atoms with van der Waals surface area (Å²) < 4.78 is 5.49. The summed E-state index contributed by atoms with van der Waals surface area (Å²) in [7, 11) is 3.79. The van der Waals surface area contributed by atoms with Crippen molar-refractivity contribution in [2.24, 2.45) is 0 Å². The maximum absolute atomic E-state index is 5.49.